The predicted octanol–water partition coefficient (Wildman–Crippen LogP) is 10.8. The van der Waals surface area contributed by atoms with Gasteiger partial charge in [0, 0.05) is 43.9 Å². The molecule has 3 aliphatic carbocycles. The maximum atomic E-state index is 12.8. The Morgan fingerprint density at radius 2 is 1.08 bits per heavy atom. The monoisotopic (exact) mass is 1240 g/mol. The van der Waals surface area contributed by atoms with E-state index >= 15 is 0 Å². The summed E-state index contributed by atoms with van der Waals surface area (Å²) in [5, 5.41) is 109. The van der Waals surface area contributed by atoms with Crippen molar-refractivity contribution in [2.45, 2.75) is 236 Å². The lowest BCUT2D eigenvalue weighted by molar-refractivity contribution is -0.147. The SMILES string of the molecule is CC(C)OC(=O)CCC/C=C\CC1C(O)CC(O)C1CCC(O)CCc1ccccc1.CCCCCC(O)/C=C/C1C(O)CC(O)C1C/C=C\CCCC(=O)O.O=C(O)CCC/C=C\CC1C(O)CC(O)C1/C=C/C(O)COc1cccc(C(F)(F)F)c1. The van der Waals surface area contributed by atoms with Gasteiger partial charge >= 0.3 is 24.1 Å². The first kappa shape index (κ1) is 77.0. The summed E-state index contributed by atoms with van der Waals surface area (Å²) in [7, 11) is 0. The van der Waals surface area contributed by atoms with Gasteiger partial charge in [-0.25, -0.2) is 0 Å². The summed E-state index contributed by atoms with van der Waals surface area (Å²) in [6, 6.07) is 14.5. The zero-order valence-corrected chi connectivity index (χ0v) is 51.8. The van der Waals surface area contributed by atoms with Gasteiger partial charge in [-0.2, -0.15) is 13.2 Å². The van der Waals surface area contributed by atoms with Crippen molar-refractivity contribution in [3.8, 4) is 5.75 Å². The van der Waals surface area contributed by atoms with Crippen molar-refractivity contribution in [2.75, 3.05) is 6.61 Å². The van der Waals surface area contributed by atoms with Crippen LogP contribution >= 0.6 is 0 Å². The van der Waals surface area contributed by atoms with E-state index in [1.165, 1.54) is 23.8 Å². The molecule has 3 aliphatic rings. The van der Waals surface area contributed by atoms with E-state index in [0.29, 0.717) is 83.5 Å². The van der Waals surface area contributed by atoms with Gasteiger partial charge in [0.05, 0.1) is 60.5 Å². The molecule has 0 aromatic heterocycles. The van der Waals surface area contributed by atoms with E-state index in [0.717, 1.165) is 57.1 Å². The average molecular weight is 1250 g/mol. The minimum atomic E-state index is -4.49. The Labute approximate surface area is 519 Å². The molecule has 3 saturated carbocycles. The number of hydrogen-bond donors (Lipinski definition) is 11. The molecule has 496 valence electrons. The van der Waals surface area contributed by atoms with Gasteiger partial charge in [-0.05, 0) is 158 Å². The number of alkyl halides is 3. The van der Waals surface area contributed by atoms with E-state index in [-0.39, 0.29) is 73.3 Å². The lowest BCUT2D eigenvalue weighted by Crippen LogP contribution is -2.23. The van der Waals surface area contributed by atoms with Gasteiger partial charge in [-0.3, -0.25) is 14.4 Å². The molecule has 2 aromatic carbocycles. The summed E-state index contributed by atoms with van der Waals surface area (Å²) in [6.07, 6.45) is 22.4. The number of aryl methyl sites for hydroxylation is 1. The fraction of sp³-hybridized carbons (Fsp3) is 0.638. The molecule has 0 saturated heterocycles. The molecule has 0 spiro atoms. The molecule has 16 nitrogen and oxygen atoms in total. The molecule has 0 radical (unpaired) electrons. The number of ether oxygens (including phenoxy) is 2. The molecule has 0 amide bonds. The lowest BCUT2D eigenvalue weighted by atomic mass is 9.85. The summed E-state index contributed by atoms with van der Waals surface area (Å²) < 4.78 is 48.6. The number of carboxylic acids is 2. The minimum Gasteiger partial charge on any atom is -0.491 e. The minimum absolute atomic E-state index is 0.00652. The number of carboxylic acid groups (broad SMARTS) is 2. The van der Waals surface area contributed by atoms with Crippen LogP contribution in [0.1, 0.15) is 173 Å². The molecule has 0 heterocycles. The second kappa shape index (κ2) is 42.7. The van der Waals surface area contributed by atoms with E-state index < -0.39 is 84.5 Å². The van der Waals surface area contributed by atoms with Crippen molar-refractivity contribution in [1.29, 1.82) is 0 Å². The third-order valence-corrected chi connectivity index (χ3v) is 16.5. The topological polar surface area (TPSA) is 292 Å². The van der Waals surface area contributed by atoms with E-state index in [1.807, 2.05) is 68.5 Å². The predicted molar refractivity (Wildman–Crippen MR) is 332 cm³/mol. The van der Waals surface area contributed by atoms with Crippen molar-refractivity contribution in [3.63, 3.8) is 0 Å². The van der Waals surface area contributed by atoms with Crippen LogP contribution in [0.15, 0.2) is 115 Å². The van der Waals surface area contributed by atoms with Crippen LogP contribution in [-0.4, -0.2) is 142 Å². The highest BCUT2D eigenvalue weighted by Gasteiger charge is 2.42. The molecule has 15 atom stereocenters. The number of aliphatic carboxylic acids is 2. The van der Waals surface area contributed by atoms with Gasteiger partial charge < -0.3 is 65.6 Å². The summed E-state index contributed by atoms with van der Waals surface area (Å²) in [4.78, 5) is 32.5. The Morgan fingerprint density at radius 1 is 0.580 bits per heavy atom. The molecule has 15 unspecified atom stereocenters. The van der Waals surface area contributed by atoms with E-state index in [4.69, 9.17) is 19.7 Å². The molecular weight excluding hydrogens is 1140 g/mol. The number of rotatable bonds is 36. The number of aliphatic hydroxyl groups is 9. The van der Waals surface area contributed by atoms with Crippen LogP contribution in [0.3, 0.4) is 0 Å². The maximum Gasteiger partial charge on any atom is 0.416 e. The number of unbranched alkanes of at least 4 members (excludes halogenated alkanes) is 5. The first-order valence-electron chi connectivity index (χ1n) is 31.8. The summed E-state index contributed by atoms with van der Waals surface area (Å²) in [5.41, 5.74) is 0.375. The molecule has 0 aliphatic heterocycles. The van der Waals surface area contributed by atoms with Crippen LogP contribution in [0.2, 0.25) is 0 Å². The maximum absolute atomic E-state index is 12.8. The van der Waals surface area contributed by atoms with Crippen LogP contribution in [-0.2, 0) is 31.7 Å². The third kappa shape index (κ3) is 31.5. The van der Waals surface area contributed by atoms with E-state index in [9.17, 15) is 73.5 Å². The quantitative estimate of drug-likeness (QED) is 0.0172. The molecule has 2 aromatic rings. The van der Waals surface area contributed by atoms with Gasteiger partial charge in [0.15, 0.2) is 0 Å². The van der Waals surface area contributed by atoms with Crippen molar-refractivity contribution >= 4 is 17.9 Å². The van der Waals surface area contributed by atoms with Crippen molar-refractivity contribution in [2.24, 2.45) is 35.5 Å². The summed E-state index contributed by atoms with van der Waals surface area (Å²) >= 11 is 0. The van der Waals surface area contributed by atoms with Crippen LogP contribution in [0.25, 0.3) is 0 Å². The zero-order valence-electron chi connectivity index (χ0n) is 51.8. The number of halogens is 3. The van der Waals surface area contributed by atoms with Crippen LogP contribution < -0.4 is 4.74 Å². The Bertz CT molecular complexity index is 2390. The van der Waals surface area contributed by atoms with Gasteiger partial charge in [0.1, 0.15) is 18.5 Å². The van der Waals surface area contributed by atoms with Gasteiger partial charge in [-0.15, -0.1) is 0 Å². The Morgan fingerprint density at radius 3 is 1.60 bits per heavy atom. The summed E-state index contributed by atoms with van der Waals surface area (Å²) in [5.74, 6) is -2.70. The number of aliphatic hydroxyl groups excluding tert-OH is 9. The van der Waals surface area contributed by atoms with Crippen molar-refractivity contribution < 1.29 is 93.2 Å². The second-order valence-corrected chi connectivity index (χ2v) is 24.0. The van der Waals surface area contributed by atoms with Crippen LogP contribution in [0, 0.1) is 35.5 Å². The number of hydrogen-bond acceptors (Lipinski definition) is 14. The molecule has 19 heteroatoms. The highest BCUT2D eigenvalue weighted by Crippen LogP contribution is 2.40. The van der Waals surface area contributed by atoms with E-state index in [2.05, 4.69) is 25.1 Å². The van der Waals surface area contributed by atoms with E-state index in [1.54, 1.807) is 12.2 Å². The largest absolute Gasteiger partial charge is 0.491 e. The number of benzene rings is 2. The smallest absolute Gasteiger partial charge is 0.416 e. The standard InChI is InChI=1S/C26H40O5.C23H29F3O6.C20H34O5/c1-19(2)31-26(30)13-9-4-3-8-12-22-23(25(29)18-24(22)28)17-16-21(27)15-14-20-10-6-5-7-11-20;24-23(25,26)15-6-5-7-17(12-15)32-14-16(27)10-11-19-18(20(28)13-21(19)29)8-3-1-2-4-9-22(30)31;1-2-3-6-9-15(21)12-13-17-16(18(22)14-19(17)23)10-7-4-5-8-11-20(24)25/h3,5-8,10-11,19,21-25,27-29H,4,9,12-18H2,1-2H3;1,3,5-7,10-12,16,18-21,27-29H,2,4,8-9,13-14H2,(H,30,31);4,7,12-13,15-19,21-23H,2-3,5-6,8-11,14H2,1H3,(H,24,25)/b8-3-;3-1-,11-10+;7-4-,13-12+. The first-order valence-corrected chi connectivity index (χ1v) is 31.8. The number of carbonyl (C=O) groups excluding carboxylic acids is 1. The average Bonchev–Trinajstić information content (AvgIpc) is 4.26. The molecular formula is C69H103F3O16. The number of allylic oxidation sites excluding steroid dienone is 6. The fourth-order valence-corrected chi connectivity index (χ4v) is 11.6. The van der Waals surface area contributed by atoms with Crippen molar-refractivity contribution in [3.05, 3.63) is 126 Å². The van der Waals surface area contributed by atoms with Gasteiger partial charge in [0.2, 0.25) is 0 Å². The number of esters is 1. The zero-order chi connectivity index (χ0) is 65.0. The normalized spacial score (nSPS) is 25.8. The second-order valence-electron chi connectivity index (χ2n) is 24.0. The van der Waals surface area contributed by atoms with Crippen LogP contribution in [0.4, 0.5) is 13.2 Å². The Hall–Kier alpha value is -5.22. The van der Waals surface area contributed by atoms with Gasteiger partial charge in [0.25, 0.3) is 0 Å². The fourth-order valence-electron chi connectivity index (χ4n) is 11.6. The van der Waals surface area contributed by atoms with Crippen molar-refractivity contribution in [1.82, 2.24) is 0 Å². The molecule has 88 heavy (non-hydrogen) atoms. The molecule has 5 rings (SSSR count). The lowest BCUT2D eigenvalue weighted by Gasteiger charge is -2.23. The highest BCUT2D eigenvalue weighted by molar-refractivity contribution is 5.69. The molecule has 11 N–H and O–H groups in total. The Balaban J connectivity index is 0.000000348. The summed E-state index contributed by atoms with van der Waals surface area (Å²) in [6.45, 7) is 5.55. The number of carbonyl (C=O) groups is 3. The van der Waals surface area contributed by atoms with Gasteiger partial charge in [-0.1, -0.05) is 123 Å². The Kier molecular flexibility index (Phi) is 37.4. The molecule has 0 bridgehead atoms. The third-order valence-electron chi connectivity index (χ3n) is 16.5. The highest BCUT2D eigenvalue weighted by atomic mass is 19.4. The van der Waals surface area contributed by atoms with Crippen LogP contribution in [0.5, 0.6) is 5.75 Å². The first-order chi connectivity index (χ1) is 41.9. The molecule has 3 fully saturated rings.